The number of nitrogens with zero attached hydrogens (tertiary/aromatic N) is 1. The van der Waals surface area contributed by atoms with Crippen molar-refractivity contribution >= 4 is 33.4 Å². The van der Waals surface area contributed by atoms with Crippen molar-refractivity contribution in [3.8, 4) is 5.75 Å². The predicted octanol–water partition coefficient (Wildman–Crippen LogP) is 2.41. The van der Waals surface area contributed by atoms with Crippen LogP contribution in [0.5, 0.6) is 5.75 Å². The van der Waals surface area contributed by atoms with Gasteiger partial charge in [0.2, 0.25) is 5.91 Å². The number of likely N-dealkylation sites (tertiary alicyclic amines) is 1. The van der Waals surface area contributed by atoms with Gasteiger partial charge >= 0.3 is 0 Å². The number of halogens is 1. The third kappa shape index (κ3) is 2.80. The molecule has 1 atom stereocenters. The average Bonchev–Trinajstić information content (AvgIpc) is 2.64. The SMILES string of the molecule is COc1ccc(NC2CC(=O)N(C(C)C)C2=O)cc1Br. The van der Waals surface area contributed by atoms with Gasteiger partial charge in [0.05, 0.1) is 18.0 Å². The number of benzene rings is 1. The summed E-state index contributed by atoms with van der Waals surface area (Å²) in [5.41, 5.74) is 0.773. The summed E-state index contributed by atoms with van der Waals surface area (Å²) in [6, 6.07) is 4.84. The smallest absolute Gasteiger partial charge is 0.252 e. The number of carbonyl (C=O) groups is 2. The normalized spacial score (nSPS) is 18.9. The summed E-state index contributed by atoms with van der Waals surface area (Å²) < 4.78 is 5.95. The Hall–Kier alpha value is -1.56. The monoisotopic (exact) mass is 340 g/mol. The van der Waals surface area contributed by atoms with Crippen LogP contribution in [0.25, 0.3) is 0 Å². The zero-order chi connectivity index (χ0) is 14.9. The molecule has 1 aromatic carbocycles. The highest BCUT2D eigenvalue weighted by molar-refractivity contribution is 9.10. The molecule has 1 aliphatic rings. The molecule has 1 saturated heterocycles. The van der Waals surface area contributed by atoms with Gasteiger partial charge < -0.3 is 10.1 Å². The van der Waals surface area contributed by atoms with Gasteiger partial charge in [0, 0.05) is 11.7 Å². The summed E-state index contributed by atoms with van der Waals surface area (Å²) >= 11 is 3.39. The highest BCUT2D eigenvalue weighted by Gasteiger charge is 2.39. The molecular weight excluding hydrogens is 324 g/mol. The minimum absolute atomic E-state index is 0.107. The maximum absolute atomic E-state index is 12.2. The summed E-state index contributed by atoms with van der Waals surface area (Å²) in [6.07, 6.45) is 0.195. The summed E-state index contributed by atoms with van der Waals surface area (Å²) in [6.45, 7) is 3.67. The Morgan fingerprint density at radius 2 is 2.10 bits per heavy atom. The maximum atomic E-state index is 12.2. The third-order valence-electron chi connectivity index (χ3n) is 3.19. The van der Waals surface area contributed by atoms with Crippen molar-refractivity contribution in [2.45, 2.75) is 32.4 Å². The number of carbonyl (C=O) groups excluding carboxylic acids is 2. The fraction of sp³-hybridized carbons (Fsp3) is 0.429. The van der Waals surface area contributed by atoms with E-state index in [1.165, 1.54) is 4.90 Å². The van der Waals surface area contributed by atoms with Crippen molar-refractivity contribution in [3.05, 3.63) is 22.7 Å². The number of amides is 2. The first-order valence-electron chi connectivity index (χ1n) is 6.40. The van der Waals surface area contributed by atoms with E-state index in [2.05, 4.69) is 21.2 Å². The van der Waals surface area contributed by atoms with Gasteiger partial charge in [0.25, 0.3) is 5.91 Å². The van der Waals surface area contributed by atoms with E-state index in [1.54, 1.807) is 13.2 Å². The van der Waals surface area contributed by atoms with Gasteiger partial charge in [0.15, 0.2) is 0 Å². The van der Waals surface area contributed by atoms with Crippen LogP contribution in [0.1, 0.15) is 20.3 Å². The first kappa shape index (κ1) is 14.8. The Morgan fingerprint density at radius 1 is 1.40 bits per heavy atom. The fourth-order valence-electron chi connectivity index (χ4n) is 2.26. The van der Waals surface area contributed by atoms with Crippen molar-refractivity contribution in [1.29, 1.82) is 0 Å². The standard InChI is InChI=1S/C14H17BrN2O3/c1-8(2)17-13(18)7-11(14(17)19)16-9-4-5-12(20-3)10(15)6-9/h4-6,8,11,16H,7H2,1-3H3. The second kappa shape index (κ2) is 5.83. The van der Waals surface area contributed by atoms with Crippen molar-refractivity contribution in [2.24, 2.45) is 0 Å². The van der Waals surface area contributed by atoms with E-state index in [4.69, 9.17) is 4.74 Å². The molecule has 6 heteroatoms. The lowest BCUT2D eigenvalue weighted by molar-refractivity contribution is -0.140. The summed E-state index contributed by atoms with van der Waals surface area (Å²) in [5, 5.41) is 3.10. The molecule has 0 aliphatic carbocycles. The highest BCUT2D eigenvalue weighted by atomic mass is 79.9. The molecule has 1 aliphatic heterocycles. The quantitative estimate of drug-likeness (QED) is 0.855. The van der Waals surface area contributed by atoms with Crippen LogP contribution in [-0.4, -0.2) is 35.9 Å². The van der Waals surface area contributed by atoms with E-state index in [1.807, 2.05) is 26.0 Å². The highest BCUT2D eigenvalue weighted by Crippen LogP contribution is 2.29. The van der Waals surface area contributed by atoms with Crippen molar-refractivity contribution < 1.29 is 14.3 Å². The van der Waals surface area contributed by atoms with Crippen LogP contribution >= 0.6 is 15.9 Å². The van der Waals surface area contributed by atoms with E-state index in [0.29, 0.717) is 5.75 Å². The second-order valence-electron chi connectivity index (χ2n) is 4.95. The largest absolute Gasteiger partial charge is 0.496 e. The van der Waals surface area contributed by atoms with Crippen molar-refractivity contribution in [2.75, 3.05) is 12.4 Å². The van der Waals surface area contributed by atoms with E-state index in [-0.39, 0.29) is 24.3 Å². The van der Waals surface area contributed by atoms with Crippen LogP contribution < -0.4 is 10.1 Å². The van der Waals surface area contributed by atoms with Crippen LogP contribution in [0.2, 0.25) is 0 Å². The Labute approximate surface area is 126 Å². The van der Waals surface area contributed by atoms with Crippen molar-refractivity contribution in [1.82, 2.24) is 4.90 Å². The average molecular weight is 341 g/mol. The zero-order valence-corrected chi connectivity index (χ0v) is 13.2. The molecule has 2 rings (SSSR count). The van der Waals surface area contributed by atoms with E-state index < -0.39 is 6.04 Å². The molecule has 0 aromatic heterocycles. The number of rotatable bonds is 4. The molecule has 0 spiro atoms. The van der Waals surface area contributed by atoms with Crippen LogP contribution in [0.4, 0.5) is 5.69 Å². The van der Waals surface area contributed by atoms with Gasteiger partial charge in [-0.05, 0) is 48.0 Å². The Bertz CT molecular complexity index is 545. The van der Waals surface area contributed by atoms with Crippen molar-refractivity contribution in [3.63, 3.8) is 0 Å². The number of ether oxygens (including phenoxy) is 1. The van der Waals surface area contributed by atoms with Gasteiger partial charge in [0.1, 0.15) is 11.8 Å². The molecule has 0 bridgehead atoms. The van der Waals surface area contributed by atoms with Gasteiger partial charge in [-0.25, -0.2) is 0 Å². The molecule has 1 unspecified atom stereocenters. The summed E-state index contributed by atoms with van der Waals surface area (Å²) in [7, 11) is 1.59. The fourth-order valence-corrected chi connectivity index (χ4v) is 2.80. The molecular formula is C14H17BrN2O3. The lowest BCUT2D eigenvalue weighted by Crippen LogP contribution is -2.39. The molecule has 1 fully saturated rings. The Morgan fingerprint density at radius 3 is 2.60 bits per heavy atom. The Kier molecular flexibility index (Phi) is 4.32. The topological polar surface area (TPSA) is 58.6 Å². The number of nitrogens with one attached hydrogen (secondary N) is 1. The lowest BCUT2D eigenvalue weighted by Gasteiger charge is -2.19. The molecule has 1 heterocycles. The molecule has 0 radical (unpaired) electrons. The lowest BCUT2D eigenvalue weighted by atomic mass is 10.2. The number of methoxy groups -OCH3 is 1. The van der Waals surface area contributed by atoms with Crippen LogP contribution in [0.3, 0.4) is 0 Å². The molecule has 0 saturated carbocycles. The van der Waals surface area contributed by atoms with Crippen LogP contribution in [0.15, 0.2) is 22.7 Å². The van der Waals surface area contributed by atoms with Gasteiger partial charge in [-0.1, -0.05) is 0 Å². The van der Waals surface area contributed by atoms with Crippen LogP contribution in [-0.2, 0) is 9.59 Å². The molecule has 20 heavy (non-hydrogen) atoms. The van der Waals surface area contributed by atoms with Gasteiger partial charge in [-0.2, -0.15) is 0 Å². The molecule has 1 aromatic rings. The second-order valence-corrected chi connectivity index (χ2v) is 5.80. The van der Waals surface area contributed by atoms with Crippen LogP contribution in [0, 0.1) is 0 Å². The van der Waals surface area contributed by atoms with Gasteiger partial charge in [-0.3, -0.25) is 14.5 Å². The summed E-state index contributed by atoms with van der Waals surface area (Å²) in [5.74, 6) is 0.417. The van der Waals surface area contributed by atoms with E-state index >= 15 is 0 Å². The molecule has 1 N–H and O–H groups in total. The first-order valence-corrected chi connectivity index (χ1v) is 7.19. The number of imide groups is 1. The minimum atomic E-state index is -0.495. The maximum Gasteiger partial charge on any atom is 0.252 e. The number of hydrogen-bond acceptors (Lipinski definition) is 4. The number of anilines is 1. The molecule has 108 valence electrons. The first-order chi connectivity index (χ1) is 9.43. The molecule has 2 amide bonds. The number of hydrogen-bond donors (Lipinski definition) is 1. The van der Waals surface area contributed by atoms with E-state index in [9.17, 15) is 9.59 Å². The van der Waals surface area contributed by atoms with E-state index in [0.717, 1.165) is 10.2 Å². The predicted molar refractivity (Wildman–Crippen MR) is 79.7 cm³/mol. The zero-order valence-electron chi connectivity index (χ0n) is 11.6. The minimum Gasteiger partial charge on any atom is -0.496 e. The van der Waals surface area contributed by atoms with Gasteiger partial charge in [-0.15, -0.1) is 0 Å². The molecule has 5 nitrogen and oxygen atoms in total. The summed E-state index contributed by atoms with van der Waals surface area (Å²) in [4.78, 5) is 25.3. The Balaban J connectivity index is 2.13. The third-order valence-corrected chi connectivity index (χ3v) is 3.81.